The monoisotopic (exact) mass is 530 g/mol. The summed E-state index contributed by atoms with van der Waals surface area (Å²) in [6.45, 7) is 6.26. The minimum atomic E-state index is -1.31. The van der Waals surface area contributed by atoms with Crippen LogP contribution in [0, 0.1) is 22.7 Å². The van der Waals surface area contributed by atoms with Crippen molar-refractivity contribution in [3.8, 4) is 0 Å². The Morgan fingerprint density at radius 1 is 0.947 bits per heavy atom. The van der Waals surface area contributed by atoms with Crippen LogP contribution in [0.15, 0.2) is 39.3 Å². The van der Waals surface area contributed by atoms with Gasteiger partial charge in [0.25, 0.3) is 0 Å². The quantitative estimate of drug-likeness (QED) is 0.439. The van der Waals surface area contributed by atoms with Crippen molar-refractivity contribution in [2.24, 2.45) is 22.7 Å². The van der Waals surface area contributed by atoms with Crippen LogP contribution in [0.5, 0.6) is 0 Å². The van der Waals surface area contributed by atoms with Crippen LogP contribution in [0.4, 0.5) is 0 Å². The third-order valence-corrected chi connectivity index (χ3v) is 11.5. The van der Waals surface area contributed by atoms with E-state index in [9.17, 15) is 25.2 Å². The van der Waals surface area contributed by atoms with Crippen LogP contribution in [0.25, 0.3) is 0 Å². The molecule has 0 aromatic carbocycles. The lowest BCUT2D eigenvalue weighted by Gasteiger charge is -2.62. The van der Waals surface area contributed by atoms with Crippen molar-refractivity contribution in [3.63, 3.8) is 0 Å². The van der Waals surface area contributed by atoms with Gasteiger partial charge < -0.3 is 34.3 Å². The first-order valence-electron chi connectivity index (χ1n) is 14.4. The molecule has 2 heterocycles. The lowest BCUT2D eigenvalue weighted by molar-refractivity contribution is -0.301. The summed E-state index contributed by atoms with van der Waals surface area (Å²) in [6, 6.07) is 3.36. The van der Waals surface area contributed by atoms with E-state index in [1.165, 1.54) is 11.6 Å². The molecule has 0 radical (unpaired) electrons. The molecule has 0 amide bonds. The van der Waals surface area contributed by atoms with E-state index in [1.807, 2.05) is 6.07 Å². The van der Waals surface area contributed by atoms with Gasteiger partial charge in [0.1, 0.15) is 18.3 Å². The van der Waals surface area contributed by atoms with Crippen LogP contribution in [0.2, 0.25) is 0 Å². The third-order valence-electron chi connectivity index (χ3n) is 11.5. The standard InChI is InChI=1S/C30H42O8/c1-16-24(32)25(33)26(34)27(37-16)38-19-8-11-28(2)18(14-19)5-6-22-21(28)9-12-29(3)20(10-13-30(22,29)35)17-4-7-23(31)36-15-17/h4,7,14-16,19-22,24-27,32-35H,5-6,8-13H2,1-3H3/t16-,19-,20+,21+,22-,24-,25+,26+,27+,28-,29+,30-/m0/s1. The Hall–Kier alpha value is -1.55. The molecule has 12 atom stereocenters. The SMILES string of the molecule is C[C@@H]1O[C@H](O[C@@H]2C=C3CC[C@H]4[C@@H](CC[C@]5(C)[C@@H](c6ccc(=O)oc6)CC[C@]45O)[C@@]3(C)CC2)[C@H](O)[C@H](O)[C@H]1O. The van der Waals surface area contributed by atoms with Gasteiger partial charge in [0.15, 0.2) is 6.29 Å². The van der Waals surface area contributed by atoms with Crippen LogP contribution in [0.1, 0.15) is 83.6 Å². The topological polar surface area (TPSA) is 130 Å². The molecule has 1 saturated heterocycles. The molecule has 8 nitrogen and oxygen atoms in total. The number of ether oxygens (including phenoxy) is 2. The number of hydrogen-bond donors (Lipinski definition) is 4. The Labute approximate surface area is 223 Å². The number of fused-ring (bicyclic) bond motifs is 5. The van der Waals surface area contributed by atoms with Gasteiger partial charge >= 0.3 is 5.63 Å². The zero-order valence-electron chi connectivity index (χ0n) is 22.6. The number of rotatable bonds is 3. The first-order chi connectivity index (χ1) is 18.0. The van der Waals surface area contributed by atoms with Crippen LogP contribution in [-0.2, 0) is 9.47 Å². The molecule has 5 aliphatic rings. The molecule has 1 aliphatic heterocycles. The minimum Gasteiger partial charge on any atom is -0.431 e. The van der Waals surface area contributed by atoms with Crippen molar-refractivity contribution in [1.82, 2.24) is 0 Å². The van der Waals surface area contributed by atoms with E-state index in [4.69, 9.17) is 13.9 Å². The fourth-order valence-electron chi connectivity index (χ4n) is 9.17. The summed E-state index contributed by atoms with van der Waals surface area (Å²) >= 11 is 0. The lowest BCUT2D eigenvalue weighted by Crippen LogP contribution is -2.60. The van der Waals surface area contributed by atoms with Crippen LogP contribution < -0.4 is 5.63 Å². The Morgan fingerprint density at radius 2 is 1.74 bits per heavy atom. The smallest absolute Gasteiger partial charge is 0.335 e. The second kappa shape index (κ2) is 9.25. The minimum absolute atomic E-state index is 0.0213. The van der Waals surface area contributed by atoms with Crippen molar-refractivity contribution >= 4 is 0 Å². The molecule has 210 valence electrons. The van der Waals surface area contributed by atoms with Gasteiger partial charge in [0, 0.05) is 11.5 Å². The van der Waals surface area contributed by atoms with Crippen molar-refractivity contribution in [2.75, 3.05) is 0 Å². The van der Waals surface area contributed by atoms with E-state index in [1.54, 1.807) is 13.2 Å². The fraction of sp³-hybridized carbons (Fsp3) is 0.767. The summed E-state index contributed by atoms with van der Waals surface area (Å²) < 4.78 is 17.0. The van der Waals surface area contributed by atoms with Crippen molar-refractivity contribution < 1.29 is 34.3 Å². The maximum atomic E-state index is 12.4. The van der Waals surface area contributed by atoms with Gasteiger partial charge in [-0.1, -0.05) is 25.5 Å². The first kappa shape index (κ1) is 26.7. The highest BCUT2D eigenvalue weighted by atomic mass is 16.7. The summed E-state index contributed by atoms with van der Waals surface area (Å²) in [7, 11) is 0. The third kappa shape index (κ3) is 3.82. The van der Waals surface area contributed by atoms with Gasteiger partial charge in [-0.2, -0.15) is 0 Å². The Kier molecular flexibility index (Phi) is 6.49. The molecule has 8 heteroatoms. The zero-order chi connectivity index (χ0) is 27.0. The summed E-state index contributed by atoms with van der Waals surface area (Å²) in [6.07, 6.45) is 5.32. The molecule has 4 N–H and O–H groups in total. The number of allylic oxidation sites excluding steroid dienone is 1. The highest BCUT2D eigenvalue weighted by Gasteiger charge is 2.66. The molecule has 0 spiro atoms. The van der Waals surface area contributed by atoms with Crippen molar-refractivity contribution in [2.45, 2.75) is 120 Å². The molecule has 4 fully saturated rings. The summed E-state index contributed by atoms with van der Waals surface area (Å²) in [5, 5.41) is 43.0. The van der Waals surface area contributed by atoms with Gasteiger partial charge in [0.2, 0.25) is 0 Å². The van der Waals surface area contributed by atoms with Crippen LogP contribution in [-0.4, -0.2) is 62.8 Å². The number of aliphatic hydroxyl groups excluding tert-OH is 3. The van der Waals surface area contributed by atoms with Crippen molar-refractivity contribution in [1.29, 1.82) is 0 Å². The van der Waals surface area contributed by atoms with E-state index < -0.39 is 36.3 Å². The summed E-state index contributed by atoms with van der Waals surface area (Å²) in [4.78, 5) is 11.5. The van der Waals surface area contributed by atoms with Crippen molar-refractivity contribution in [3.05, 3.63) is 46.0 Å². The van der Waals surface area contributed by atoms with E-state index >= 15 is 0 Å². The Balaban J connectivity index is 1.21. The largest absolute Gasteiger partial charge is 0.431 e. The molecular formula is C30H42O8. The highest BCUT2D eigenvalue weighted by Crippen LogP contribution is 2.70. The molecule has 6 rings (SSSR count). The summed E-state index contributed by atoms with van der Waals surface area (Å²) in [5.74, 6) is 0.759. The molecule has 1 aromatic rings. The maximum Gasteiger partial charge on any atom is 0.335 e. The van der Waals surface area contributed by atoms with E-state index in [-0.39, 0.29) is 34.4 Å². The molecule has 0 unspecified atom stereocenters. The summed E-state index contributed by atoms with van der Waals surface area (Å²) in [5.41, 5.74) is 0.991. The molecular weight excluding hydrogens is 488 g/mol. The number of aliphatic hydroxyl groups is 4. The number of hydrogen-bond acceptors (Lipinski definition) is 8. The van der Waals surface area contributed by atoms with Gasteiger partial charge in [-0.05, 0) is 93.1 Å². The average molecular weight is 531 g/mol. The molecule has 3 saturated carbocycles. The van der Waals surface area contributed by atoms with Gasteiger partial charge in [-0.25, -0.2) is 4.79 Å². The predicted molar refractivity (Wildman–Crippen MR) is 138 cm³/mol. The normalized spacial score (nSPS) is 50.5. The predicted octanol–water partition coefficient (Wildman–Crippen LogP) is 3.01. The lowest BCUT2D eigenvalue weighted by atomic mass is 9.45. The van der Waals surface area contributed by atoms with Gasteiger partial charge in [0.05, 0.1) is 24.1 Å². The molecule has 4 aliphatic carbocycles. The Bertz CT molecular complexity index is 1130. The maximum absolute atomic E-state index is 12.4. The second-order valence-corrected chi connectivity index (χ2v) is 13.1. The molecule has 38 heavy (non-hydrogen) atoms. The van der Waals surface area contributed by atoms with Crippen LogP contribution >= 0.6 is 0 Å². The van der Waals surface area contributed by atoms with E-state index in [0.717, 1.165) is 56.9 Å². The Morgan fingerprint density at radius 3 is 2.47 bits per heavy atom. The van der Waals surface area contributed by atoms with Gasteiger partial charge in [-0.15, -0.1) is 0 Å². The highest BCUT2D eigenvalue weighted by molar-refractivity contribution is 5.31. The average Bonchev–Trinajstić information content (AvgIpc) is 3.18. The zero-order valence-corrected chi connectivity index (χ0v) is 22.6. The van der Waals surface area contributed by atoms with Gasteiger partial charge in [-0.3, -0.25) is 0 Å². The molecule has 0 bridgehead atoms. The van der Waals surface area contributed by atoms with E-state index in [0.29, 0.717) is 5.92 Å². The first-order valence-corrected chi connectivity index (χ1v) is 14.4. The van der Waals surface area contributed by atoms with E-state index in [2.05, 4.69) is 19.9 Å². The van der Waals surface area contributed by atoms with Crippen LogP contribution in [0.3, 0.4) is 0 Å². The second-order valence-electron chi connectivity index (χ2n) is 13.1. The fourth-order valence-corrected chi connectivity index (χ4v) is 9.17. The molecule has 1 aromatic heterocycles.